The van der Waals surface area contributed by atoms with Gasteiger partial charge in [-0.15, -0.1) is 0 Å². The SMILES string of the molecule is C[C@H](NCC(O)COCC1CC1)c1cccc(F)c1. The molecule has 0 spiro atoms. The molecule has 1 unspecified atom stereocenters. The molecule has 1 aromatic rings. The maximum atomic E-state index is 13.1. The summed E-state index contributed by atoms with van der Waals surface area (Å²) in [5.41, 5.74) is 0.881. The van der Waals surface area contributed by atoms with Crippen LogP contribution >= 0.6 is 0 Å². The summed E-state index contributed by atoms with van der Waals surface area (Å²) in [7, 11) is 0. The summed E-state index contributed by atoms with van der Waals surface area (Å²) in [6.07, 6.45) is 1.99. The Morgan fingerprint density at radius 2 is 2.26 bits per heavy atom. The van der Waals surface area contributed by atoms with Crippen LogP contribution in [0, 0.1) is 11.7 Å². The second kappa shape index (κ2) is 6.98. The maximum Gasteiger partial charge on any atom is 0.123 e. The topological polar surface area (TPSA) is 41.5 Å². The van der Waals surface area contributed by atoms with Crippen LogP contribution in [0.4, 0.5) is 4.39 Å². The van der Waals surface area contributed by atoms with Gasteiger partial charge in [-0.25, -0.2) is 4.39 Å². The van der Waals surface area contributed by atoms with Crippen molar-refractivity contribution in [3.63, 3.8) is 0 Å². The van der Waals surface area contributed by atoms with E-state index in [1.54, 1.807) is 6.07 Å². The minimum absolute atomic E-state index is 0.00813. The molecule has 1 aromatic carbocycles. The van der Waals surface area contributed by atoms with Gasteiger partial charge in [0.1, 0.15) is 5.82 Å². The van der Waals surface area contributed by atoms with Crippen molar-refractivity contribution in [1.82, 2.24) is 5.32 Å². The molecule has 1 aliphatic rings. The molecule has 2 N–H and O–H groups in total. The number of hydrogen-bond donors (Lipinski definition) is 2. The molecule has 2 atom stereocenters. The fourth-order valence-electron chi connectivity index (χ4n) is 1.92. The number of ether oxygens (including phenoxy) is 1. The van der Waals surface area contributed by atoms with E-state index < -0.39 is 6.10 Å². The molecular formula is C15H22FNO2. The molecule has 1 aliphatic carbocycles. The first-order valence-corrected chi connectivity index (χ1v) is 6.90. The molecule has 0 aromatic heterocycles. The molecule has 106 valence electrons. The summed E-state index contributed by atoms with van der Waals surface area (Å²) in [6.45, 7) is 3.52. The fraction of sp³-hybridized carbons (Fsp3) is 0.600. The minimum Gasteiger partial charge on any atom is -0.389 e. The lowest BCUT2D eigenvalue weighted by atomic mass is 10.1. The Labute approximate surface area is 113 Å². The van der Waals surface area contributed by atoms with Gasteiger partial charge in [-0.3, -0.25) is 0 Å². The van der Waals surface area contributed by atoms with Crippen molar-refractivity contribution in [3.8, 4) is 0 Å². The van der Waals surface area contributed by atoms with E-state index in [0.29, 0.717) is 19.1 Å². The Hall–Kier alpha value is -0.970. The van der Waals surface area contributed by atoms with E-state index in [1.165, 1.54) is 25.0 Å². The number of halogens is 1. The standard InChI is InChI=1S/C15H22FNO2/c1-11(13-3-2-4-14(16)7-13)17-8-15(18)10-19-9-12-5-6-12/h2-4,7,11-12,15,17-18H,5-6,8-10H2,1H3/t11-,15?/m0/s1. The molecule has 0 aliphatic heterocycles. The molecule has 1 fully saturated rings. The van der Waals surface area contributed by atoms with Gasteiger partial charge in [0.15, 0.2) is 0 Å². The normalized spacial score (nSPS) is 18.3. The smallest absolute Gasteiger partial charge is 0.123 e. The Morgan fingerprint density at radius 3 is 2.95 bits per heavy atom. The Balaban J connectivity index is 1.65. The summed E-state index contributed by atoms with van der Waals surface area (Å²) >= 11 is 0. The highest BCUT2D eigenvalue weighted by atomic mass is 19.1. The first-order chi connectivity index (χ1) is 9.15. The van der Waals surface area contributed by atoms with Crippen LogP contribution in [0.3, 0.4) is 0 Å². The van der Waals surface area contributed by atoms with Crippen LogP contribution in [0.1, 0.15) is 31.4 Å². The van der Waals surface area contributed by atoms with Crippen LogP contribution in [0.25, 0.3) is 0 Å². The number of rotatable bonds is 8. The highest BCUT2D eigenvalue weighted by molar-refractivity contribution is 5.19. The van der Waals surface area contributed by atoms with E-state index in [9.17, 15) is 9.50 Å². The van der Waals surface area contributed by atoms with Crippen LogP contribution in [-0.4, -0.2) is 31.0 Å². The van der Waals surface area contributed by atoms with Gasteiger partial charge in [-0.2, -0.15) is 0 Å². The van der Waals surface area contributed by atoms with E-state index in [1.807, 2.05) is 13.0 Å². The van der Waals surface area contributed by atoms with Gasteiger partial charge < -0.3 is 15.2 Å². The van der Waals surface area contributed by atoms with Gasteiger partial charge in [-0.05, 0) is 43.4 Å². The molecule has 19 heavy (non-hydrogen) atoms. The highest BCUT2D eigenvalue weighted by Crippen LogP contribution is 2.28. The zero-order valence-electron chi connectivity index (χ0n) is 11.3. The predicted molar refractivity (Wildman–Crippen MR) is 72.4 cm³/mol. The second-order valence-corrected chi connectivity index (χ2v) is 5.32. The first kappa shape index (κ1) is 14.4. The molecule has 2 rings (SSSR count). The van der Waals surface area contributed by atoms with Crippen molar-refractivity contribution < 1.29 is 14.2 Å². The van der Waals surface area contributed by atoms with Crippen molar-refractivity contribution >= 4 is 0 Å². The third kappa shape index (κ3) is 5.27. The number of nitrogens with one attached hydrogen (secondary N) is 1. The lowest BCUT2D eigenvalue weighted by molar-refractivity contribution is 0.0315. The van der Waals surface area contributed by atoms with Gasteiger partial charge in [0.2, 0.25) is 0 Å². The molecule has 4 heteroatoms. The van der Waals surface area contributed by atoms with Gasteiger partial charge in [0, 0.05) is 19.2 Å². The van der Waals surface area contributed by atoms with E-state index >= 15 is 0 Å². The number of aliphatic hydroxyl groups is 1. The molecular weight excluding hydrogens is 245 g/mol. The third-order valence-corrected chi connectivity index (χ3v) is 3.37. The van der Waals surface area contributed by atoms with E-state index in [0.717, 1.165) is 12.2 Å². The largest absolute Gasteiger partial charge is 0.389 e. The van der Waals surface area contributed by atoms with Crippen LogP contribution < -0.4 is 5.32 Å². The maximum absolute atomic E-state index is 13.1. The van der Waals surface area contributed by atoms with Crippen LogP contribution in [-0.2, 0) is 4.74 Å². The predicted octanol–water partition coefficient (Wildman–Crippen LogP) is 2.26. The second-order valence-electron chi connectivity index (χ2n) is 5.32. The summed E-state index contributed by atoms with van der Waals surface area (Å²) in [5, 5.41) is 13.0. The van der Waals surface area contributed by atoms with Gasteiger partial charge >= 0.3 is 0 Å². The zero-order chi connectivity index (χ0) is 13.7. The van der Waals surface area contributed by atoms with E-state index in [2.05, 4.69) is 5.32 Å². The molecule has 0 amide bonds. The van der Waals surface area contributed by atoms with Crippen molar-refractivity contribution in [3.05, 3.63) is 35.6 Å². The van der Waals surface area contributed by atoms with Crippen LogP contribution in [0.5, 0.6) is 0 Å². The van der Waals surface area contributed by atoms with Crippen LogP contribution in [0.15, 0.2) is 24.3 Å². The first-order valence-electron chi connectivity index (χ1n) is 6.90. The van der Waals surface area contributed by atoms with E-state index in [-0.39, 0.29) is 11.9 Å². The van der Waals surface area contributed by atoms with Gasteiger partial charge in [0.05, 0.1) is 12.7 Å². The Kier molecular flexibility index (Phi) is 5.31. The fourth-order valence-corrected chi connectivity index (χ4v) is 1.92. The number of benzene rings is 1. The lowest BCUT2D eigenvalue weighted by Gasteiger charge is -2.17. The molecule has 1 saturated carbocycles. The minimum atomic E-state index is -0.519. The highest BCUT2D eigenvalue weighted by Gasteiger charge is 2.21. The molecule has 3 nitrogen and oxygen atoms in total. The van der Waals surface area contributed by atoms with Crippen molar-refractivity contribution in [1.29, 1.82) is 0 Å². The summed E-state index contributed by atoms with van der Waals surface area (Å²) in [5.74, 6) is 0.478. The average Bonchev–Trinajstić information content (AvgIpc) is 3.20. The summed E-state index contributed by atoms with van der Waals surface area (Å²) in [4.78, 5) is 0. The zero-order valence-corrected chi connectivity index (χ0v) is 11.3. The monoisotopic (exact) mass is 267 g/mol. The van der Waals surface area contributed by atoms with Crippen molar-refractivity contribution in [2.75, 3.05) is 19.8 Å². The van der Waals surface area contributed by atoms with Crippen molar-refractivity contribution in [2.45, 2.75) is 31.9 Å². The summed E-state index contributed by atoms with van der Waals surface area (Å²) < 4.78 is 18.5. The quantitative estimate of drug-likeness (QED) is 0.759. The van der Waals surface area contributed by atoms with E-state index in [4.69, 9.17) is 4.74 Å². The van der Waals surface area contributed by atoms with Gasteiger partial charge in [-0.1, -0.05) is 12.1 Å². The third-order valence-electron chi connectivity index (χ3n) is 3.37. The average molecular weight is 267 g/mol. The summed E-state index contributed by atoms with van der Waals surface area (Å²) in [6, 6.07) is 6.51. The van der Waals surface area contributed by atoms with Gasteiger partial charge in [0.25, 0.3) is 0 Å². The van der Waals surface area contributed by atoms with Crippen LogP contribution in [0.2, 0.25) is 0 Å². The molecule has 0 saturated heterocycles. The number of hydrogen-bond acceptors (Lipinski definition) is 3. The molecule has 0 radical (unpaired) electrons. The molecule has 0 heterocycles. The Morgan fingerprint density at radius 1 is 1.47 bits per heavy atom. The van der Waals surface area contributed by atoms with Crippen molar-refractivity contribution in [2.24, 2.45) is 5.92 Å². The Bertz CT molecular complexity index is 395. The number of aliphatic hydroxyl groups excluding tert-OH is 1. The molecule has 0 bridgehead atoms. The lowest BCUT2D eigenvalue weighted by Crippen LogP contribution is -2.32.